The van der Waals surface area contributed by atoms with Crippen molar-refractivity contribution in [3.05, 3.63) is 35.9 Å². The van der Waals surface area contributed by atoms with Gasteiger partial charge >= 0.3 is 0 Å². The molecule has 0 radical (unpaired) electrons. The van der Waals surface area contributed by atoms with Crippen LogP contribution in [0.25, 0.3) is 21.9 Å². The Hall–Kier alpha value is -3.67. The van der Waals surface area contributed by atoms with Crippen LogP contribution in [0.2, 0.25) is 0 Å². The van der Waals surface area contributed by atoms with Gasteiger partial charge in [0.1, 0.15) is 33.4 Å². The number of nitrogens with zero attached hydrogens (tertiary/aromatic N) is 3. The highest BCUT2D eigenvalue weighted by molar-refractivity contribution is 7.90. The quantitative estimate of drug-likeness (QED) is 0.270. The largest absolute Gasteiger partial charge is 0.494 e. The summed E-state index contributed by atoms with van der Waals surface area (Å²) in [5.74, 6) is 1.07. The first-order chi connectivity index (χ1) is 16.8. The number of fused-ring (bicyclic) bond motifs is 4. The van der Waals surface area contributed by atoms with Gasteiger partial charge in [-0.1, -0.05) is 0 Å². The number of anilines is 2. The molecule has 0 fully saturated rings. The smallest absolute Gasteiger partial charge is 0.223 e. The highest BCUT2D eigenvalue weighted by atomic mass is 32.2. The number of rotatable bonds is 8. The Labute approximate surface area is 202 Å². The van der Waals surface area contributed by atoms with E-state index in [1.165, 1.54) is 12.6 Å². The molecule has 3 heterocycles. The van der Waals surface area contributed by atoms with Gasteiger partial charge in [0.15, 0.2) is 0 Å². The number of methoxy groups -OCH3 is 1. The number of nitrogens with one attached hydrogen (secondary N) is 4. The summed E-state index contributed by atoms with van der Waals surface area (Å²) >= 11 is 0. The maximum absolute atomic E-state index is 12.8. The lowest BCUT2D eigenvalue weighted by Crippen LogP contribution is -2.35. The predicted molar refractivity (Wildman–Crippen MR) is 133 cm³/mol. The average molecular weight is 498 g/mol. The molecule has 0 spiro atoms. The topological polar surface area (TPSA) is 155 Å². The van der Waals surface area contributed by atoms with Crippen LogP contribution in [0.5, 0.6) is 5.75 Å². The summed E-state index contributed by atoms with van der Waals surface area (Å²) in [6.45, 7) is 0.343. The molecule has 1 aliphatic rings. The highest BCUT2D eigenvalue weighted by Crippen LogP contribution is 2.37. The van der Waals surface area contributed by atoms with Gasteiger partial charge in [-0.05, 0) is 37.3 Å². The molecule has 12 heteroatoms. The second-order valence-electron chi connectivity index (χ2n) is 8.88. The summed E-state index contributed by atoms with van der Waals surface area (Å²) in [6.07, 6.45) is 6.82. The lowest BCUT2D eigenvalue weighted by atomic mass is 9.86. The molecule has 3 aromatic heterocycles. The number of carbonyl (C=O) groups excluding carboxylic acids is 1. The van der Waals surface area contributed by atoms with Crippen LogP contribution in [0.4, 0.5) is 11.5 Å². The molecule has 11 nitrogen and oxygen atoms in total. The third kappa shape index (κ3) is 4.78. The molecule has 4 aromatic rings. The van der Waals surface area contributed by atoms with E-state index in [0.717, 1.165) is 39.7 Å². The van der Waals surface area contributed by atoms with E-state index >= 15 is 0 Å². The summed E-state index contributed by atoms with van der Waals surface area (Å²) in [5.41, 5.74) is 4.40. The second-order valence-corrected chi connectivity index (χ2v) is 11.1. The molecule has 5 rings (SSSR count). The lowest BCUT2D eigenvalue weighted by Gasteiger charge is -2.22. The predicted octanol–water partition coefficient (Wildman–Crippen LogP) is 2.24. The Morgan fingerprint density at radius 1 is 1.29 bits per heavy atom. The van der Waals surface area contributed by atoms with Crippen LogP contribution in [-0.4, -0.2) is 65.1 Å². The fraction of sp³-hybridized carbons (Fsp3) is 0.391. The van der Waals surface area contributed by atoms with E-state index in [-0.39, 0.29) is 17.6 Å². The highest BCUT2D eigenvalue weighted by Gasteiger charge is 2.29. The number of hydrogen-bond donors (Lipinski definition) is 4. The van der Waals surface area contributed by atoms with Crippen molar-refractivity contribution in [1.29, 1.82) is 0 Å². The minimum Gasteiger partial charge on any atom is -0.494 e. The maximum Gasteiger partial charge on any atom is 0.223 e. The van der Waals surface area contributed by atoms with Crippen molar-refractivity contribution in [1.82, 2.24) is 30.5 Å². The molecule has 4 N–H and O–H groups in total. The van der Waals surface area contributed by atoms with Crippen LogP contribution >= 0.6 is 0 Å². The summed E-state index contributed by atoms with van der Waals surface area (Å²) in [6, 6.07) is 3.82. The van der Waals surface area contributed by atoms with Crippen molar-refractivity contribution < 1.29 is 17.9 Å². The van der Waals surface area contributed by atoms with Crippen LogP contribution < -0.4 is 15.4 Å². The molecule has 35 heavy (non-hydrogen) atoms. The monoisotopic (exact) mass is 497 g/mol. The van der Waals surface area contributed by atoms with Crippen LogP contribution in [0.1, 0.15) is 24.1 Å². The number of aryl methyl sites for hydroxylation is 1. The van der Waals surface area contributed by atoms with E-state index in [2.05, 4.69) is 35.8 Å². The van der Waals surface area contributed by atoms with Gasteiger partial charge in [0, 0.05) is 35.9 Å². The zero-order chi connectivity index (χ0) is 24.6. The molecule has 0 bridgehead atoms. The molecule has 1 amide bonds. The minimum atomic E-state index is -3.04. The van der Waals surface area contributed by atoms with Crippen LogP contribution in [0.15, 0.2) is 24.7 Å². The van der Waals surface area contributed by atoms with Crippen molar-refractivity contribution >= 4 is 49.2 Å². The molecule has 0 aliphatic heterocycles. The maximum atomic E-state index is 12.8. The first-order valence-electron chi connectivity index (χ1n) is 11.4. The van der Waals surface area contributed by atoms with Crippen LogP contribution in [0, 0.1) is 5.92 Å². The number of hydrogen-bond acceptors (Lipinski definition) is 8. The standard InChI is InChI=1S/C23H27N7O4S/c1-34-19-10-17-14(11-27-30-17)9-18(19)29-22-20-15-8-13(23(31)24-6-3-7-35(2,32)33)4-5-16(15)28-21(20)25-12-26-22/h9-13H,3-8H2,1-2H3,(H,24,31)(H,27,30)(H2,25,26,28,29)/t13-/m0/s1. The van der Waals surface area contributed by atoms with Gasteiger partial charge in [-0.2, -0.15) is 5.10 Å². The summed E-state index contributed by atoms with van der Waals surface area (Å²) in [5, 5.41) is 15.1. The number of carbonyl (C=O) groups is 1. The Balaban J connectivity index is 1.39. The molecule has 0 unspecified atom stereocenters. The first kappa shape index (κ1) is 23.1. The Kier molecular flexibility index (Phi) is 6.05. The molecule has 0 saturated carbocycles. The number of sulfone groups is 1. The molecule has 1 aliphatic carbocycles. The number of H-pyrrole nitrogens is 2. The summed E-state index contributed by atoms with van der Waals surface area (Å²) in [7, 11) is -1.43. The Morgan fingerprint density at radius 2 is 2.14 bits per heavy atom. The summed E-state index contributed by atoms with van der Waals surface area (Å²) in [4.78, 5) is 25.1. The minimum absolute atomic E-state index is 0.0584. The normalized spacial score (nSPS) is 15.8. The van der Waals surface area contributed by atoms with E-state index in [0.29, 0.717) is 43.0 Å². The third-order valence-electron chi connectivity index (χ3n) is 6.35. The number of aromatic amines is 2. The molecular formula is C23H27N7O4S. The number of benzene rings is 1. The number of amides is 1. The van der Waals surface area contributed by atoms with E-state index in [4.69, 9.17) is 4.74 Å². The Morgan fingerprint density at radius 3 is 2.94 bits per heavy atom. The summed E-state index contributed by atoms with van der Waals surface area (Å²) < 4.78 is 28.2. The SMILES string of the molecule is COc1cc2[nH]ncc2cc1Nc1ncnc2[nH]c3c(c12)C[C@@H](C(=O)NCCCS(C)(=O)=O)CC3. The van der Waals surface area contributed by atoms with Crippen molar-refractivity contribution in [3.8, 4) is 5.75 Å². The molecule has 1 atom stereocenters. The zero-order valence-electron chi connectivity index (χ0n) is 19.5. The van der Waals surface area contributed by atoms with Gasteiger partial charge < -0.3 is 20.4 Å². The third-order valence-corrected chi connectivity index (χ3v) is 7.38. The van der Waals surface area contributed by atoms with Crippen molar-refractivity contribution in [3.63, 3.8) is 0 Å². The molecular weight excluding hydrogens is 470 g/mol. The lowest BCUT2D eigenvalue weighted by molar-refractivity contribution is -0.125. The van der Waals surface area contributed by atoms with E-state index in [9.17, 15) is 13.2 Å². The molecule has 184 valence electrons. The van der Waals surface area contributed by atoms with Crippen molar-refractivity contribution in [2.24, 2.45) is 5.92 Å². The Bertz CT molecular complexity index is 1510. The fourth-order valence-electron chi connectivity index (χ4n) is 4.62. The van der Waals surface area contributed by atoms with E-state index in [1.807, 2.05) is 12.1 Å². The van der Waals surface area contributed by atoms with E-state index in [1.54, 1.807) is 13.3 Å². The van der Waals surface area contributed by atoms with Gasteiger partial charge in [0.05, 0.1) is 35.6 Å². The van der Waals surface area contributed by atoms with Gasteiger partial charge in [-0.3, -0.25) is 9.89 Å². The van der Waals surface area contributed by atoms with Crippen LogP contribution in [-0.2, 0) is 27.5 Å². The molecule has 0 saturated heterocycles. The van der Waals surface area contributed by atoms with Crippen LogP contribution in [0.3, 0.4) is 0 Å². The van der Waals surface area contributed by atoms with E-state index < -0.39 is 9.84 Å². The first-order valence-corrected chi connectivity index (χ1v) is 13.5. The zero-order valence-corrected chi connectivity index (χ0v) is 20.3. The van der Waals surface area contributed by atoms with Gasteiger partial charge in [0.2, 0.25) is 5.91 Å². The number of aromatic nitrogens is 5. The second kappa shape index (κ2) is 9.17. The van der Waals surface area contributed by atoms with Crippen molar-refractivity contribution in [2.45, 2.75) is 25.7 Å². The van der Waals surface area contributed by atoms with Gasteiger partial charge in [-0.15, -0.1) is 0 Å². The molecule has 1 aromatic carbocycles. The van der Waals surface area contributed by atoms with Gasteiger partial charge in [-0.25, -0.2) is 18.4 Å². The van der Waals surface area contributed by atoms with Crippen molar-refractivity contribution in [2.75, 3.05) is 31.0 Å². The number of ether oxygens (including phenoxy) is 1. The average Bonchev–Trinajstić information content (AvgIpc) is 3.44. The van der Waals surface area contributed by atoms with Gasteiger partial charge in [0.25, 0.3) is 0 Å². The fourth-order valence-corrected chi connectivity index (χ4v) is 5.28.